The van der Waals surface area contributed by atoms with E-state index in [0.29, 0.717) is 19.4 Å². The number of nitrogens with one attached hydrogen (secondary N) is 1. The summed E-state index contributed by atoms with van der Waals surface area (Å²) >= 11 is 0. The van der Waals surface area contributed by atoms with Crippen molar-refractivity contribution in [2.75, 3.05) is 20.1 Å². The van der Waals surface area contributed by atoms with Gasteiger partial charge in [0.25, 0.3) is 0 Å². The fourth-order valence-corrected chi connectivity index (χ4v) is 1.61. The maximum atomic E-state index is 12.0. The first-order valence-corrected chi connectivity index (χ1v) is 6.70. The van der Waals surface area contributed by atoms with E-state index < -0.39 is 31.1 Å². The molecule has 2 N–H and O–H groups in total. The van der Waals surface area contributed by atoms with Gasteiger partial charge in [-0.2, -0.15) is 13.2 Å². The molecule has 0 bridgehead atoms. The summed E-state index contributed by atoms with van der Waals surface area (Å²) in [6.45, 7) is 3.67. The molecule has 0 aromatic rings. The van der Waals surface area contributed by atoms with Gasteiger partial charge in [0.05, 0.1) is 6.42 Å². The Labute approximate surface area is 122 Å². The Hall–Kier alpha value is -1.47. The number of carbonyl (C=O) groups excluding carboxylic acids is 1. The van der Waals surface area contributed by atoms with Crippen molar-refractivity contribution in [3.05, 3.63) is 0 Å². The lowest BCUT2D eigenvalue weighted by Gasteiger charge is -2.25. The molecule has 0 saturated heterocycles. The Morgan fingerprint density at radius 2 is 1.71 bits per heavy atom. The number of carboxylic acids is 1. The third-order valence-corrected chi connectivity index (χ3v) is 3.17. The van der Waals surface area contributed by atoms with Crippen molar-refractivity contribution >= 4 is 12.0 Å². The van der Waals surface area contributed by atoms with Gasteiger partial charge in [-0.1, -0.05) is 13.8 Å². The van der Waals surface area contributed by atoms with Crippen LogP contribution >= 0.6 is 0 Å². The van der Waals surface area contributed by atoms with Crippen molar-refractivity contribution in [3.63, 3.8) is 0 Å². The lowest BCUT2D eigenvalue weighted by atomic mass is 9.84. The topological polar surface area (TPSA) is 69.6 Å². The summed E-state index contributed by atoms with van der Waals surface area (Å²) in [6.07, 6.45) is -4.25. The van der Waals surface area contributed by atoms with E-state index in [1.807, 2.05) is 13.8 Å². The Balaban J connectivity index is 3.99. The molecule has 0 fully saturated rings. The monoisotopic (exact) mass is 312 g/mol. The summed E-state index contributed by atoms with van der Waals surface area (Å²) in [4.78, 5) is 23.1. The number of alkyl halides is 3. The third kappa shape index (κ3) is 10.9. The minimum Gasteiger partial charge on any atom is -0.481 e. The maximum Gasteiger partial charge on any atom is 0.390 e. The molecule has 5 nitrogen and oxygen atoms in total. The highest BCUT2D eigenvalue weighted by Gasteiger charge is 2.28. The quantitative estimate of drug-likeness (QED) is 0.724. The predicted molar refractivity (Wildman–Crippen MR) is 72.0 cm³/mol. The van der Waals surface area contributed by atoms with Crippen LogP contribution in [-0.4, -0.2) is 48.3 Å². The van der Waals surface area contributed by atoms with Gasteiger partial charge in [-0.15, -0.1) is 0 Å². The van der Waals surface area contributed by atoms with E-state index in [9.17, 15) is 22.8 Å². The number of rotatable bonds is 8. The lowest BCUT2D eigenvalue weighted by molar-refractivity contribution is -0.138. The molecule has 0 aliphatic carbocycles. The number of hydrogen-bond donors (Lipinski definition) is 2. The van der Waals surface area contributed by atoms with Crippen LogP contribution in [0.5, 0.6) is 0 Å². The Kier molecular flexibility index (Phi) is 7.52. The van der Waals surface area contributed by atoms with Crippen LogP contribution in [0.4, 0.5) is 18.0 Å². The molecule has 0 radical (unpaired) electrons. The first-order valence-electron chi connectivity index (χ1n) is 6.70. The van der Waals surface area contributed by atoms with Gasteiger partial charge in [-0.25, -0.2) is 4.79 Å². The van der Waals surface area contributed by atoms with Crippen LogP contribution in [0.25, 0.3) is 0 Å². The van der Waals surface area contributed by atoms with Gasteiger partial charge in [0.15, 0.2) is 0 Å². The summed E-state index contributed by atoms with van der Waals surface area (Å²) in [7, 11) is 1.30. The van der Waals surface area contributed by atoms with E-state index in [2.05, 4.69) is 5.32 Å². The van der Waals surface area contributed by atoms with Gasteiger partial charge >= 0.3 is 18.2 Å². The van der Waals surface area contributed by atoms with E-state index in [0.717, 1.165) is 4.90 Å². The summed E-state index contributed by atoms with van der Waals surface area (Å²) in [6, 6.07) is -0.562. The largest absolute Gasteiger partial charge is 0.481 e. The van der Waals surface area contributed by atoms with Gasteiger partial charge in [0, 0.05) is 26.6 Å². The van der Waals surface area contributed by atoms with Crippen molar-refractivity contribution in [2.45, 2.75) is 45.7 Å². The summed E-state index contributed by atoms with van der Waals surface area (Å²) in [5.74, 6) is -0.876. The zero-order valence-electron chi connectivity index (χ0n) is 12.6. The molecule has 0 atom stereocenters. The second-order valence-electron chi connectivity index (χ2n) is 5.83. The Morgan fingerprint density at radius 3 is 2.19 bits per heavy atom. The number of carbonyl (C=O) groups is 2. The molecule has 21 heavy (non-hydrogen) atoms. The maximum absolute atomic E-state index is 12.0. The highest BCUT2D eigenvalue weighted by Crippen LogP contribution is 2.26. The number of carboxylic acid groups (broad SMARTS) is 1. The van der Waals surface area contributed by atoms with Crippen molar-refractivity contribution in [3.8, 4) is 0 Å². The number of nitrogens with zero attached hydrogens (tertiary/aromatic N) is 1. The minimum absolute atomic E-state index is 0.0480. The van der Waals surface area contributed by atoms with E-state index >= 15 is 0 Å². The highest BCUT2D eigenvalue weighted by molar-refractivity contribution is 5.73. The number of aliphatic carboxylic acids is 1. The van der Waals surface area contributed by atoms with E-state index in [1.165, 1.54) is 7.05 Å². The minimum atomic E-state index is -4.28. The van der Waals surface area contributed by atoms with E-state index in [4.69, 9.17) is 5.11 Å². The second kappa shape index (κ2) is 8.09. The van der Waals surface area contributed by atoms with Gasteiger partial charge in [-0.05, 0) is 18.3 Å². The first kappa shape index (κ1) is 19.5. The molecule has 0 aliphatic rings. The molecule has 0 aromatic carbocycles. The van der Waals surface area contributed by atoms with Gasteiger partial charge in [-0.3, -0.25) is 4.79 Å². The third-order valence-electron chi connectivity index (χ3n) is 3.17. The molecule has 124 valence electrons. The van der Waals surface area contributed by atoms with Crippen LogP contribution < -0.4 is 5.32 Å². The molecule has 0 rings (SSSR count). The lowest BCUT2D eigenvalue weighted by Crippen LogP contribution is -2.40. The molecule has 8 heteroatoms. The number of halogens is 3. The molecule has 0 aromatic heterocycles. The first-order chi connectivity index (χ1) is 9.43. The van der Waals surface area contributed by atoms with Crippen LogP contribution in [0.2, 0.25) is 0 Å². The highest BCUT2D eigenvalue weighted by atomic mass is 19.4. The zero-order chi connectivity index (χ0) is 16.7. The average molecular weight is 312 g/mol. The molecule has 0 saturated carbocycles. The summed E-state index contributed by atoms with van der Waals surface area (Å²) in [5.41, 5.74) is -0.254. The summed E-state index contributed by atoms with van der Waals surface area (Å²) < 4.78 is 36.1. The van der Waals surface area contributed by atoms with Crippen molar-refractivity contribution in [1.29, 1.82) is 0 Å². The van der Waals surface area contributed by atoms with Gasteiger partial charge in [0.2, 0.25) is 0 Å². The predicted octanol–water partition coefficient (Wildman–Crippen LogP) is 2.86. The van der Waals surface area contributed by atoms with E-state index in [-0.39, 0.29) is 11.8 Å². The molecular formula is C13H23F3N2O3. The number of hydrogen-bond acceptors (Lipinski definition) is 2. The number of urea groups is 1. The van der Waals surface area contributed by atoms with Crippen molar-refractivity contribution in [2.24, 2.45) is 5.41 Å². The molecular weight excluding hydrogens is 289 g/mol. The fourth-order valence-electron chi connectivity index (χ4n) is 1.61. The van der Waals surface area contributed by atoms with Gasteiger partial charge in [0.1, 0.15) is 0 Å². The SMILES string of the molecule is CN(CCC(F)(F)F)C(=O)NCCC(C)(C)CCC(=O)O. The van der Waals surface area contributed by atoms with Crippen LogP contribution in [0, 0.1) is 5.41 Å². The molecule has 0 unspecified atom stereocenters. The zero-order valence-corrected chi connectivity index (χ0v) is 12.6. The van der Waals surface area contributed by atoms with Crippen molar-refractivity contribution in [1.82, 2.24) is 10.2 Å². The molecule has 0 heterocycles. The van der Waals surface area contributed by atoms with Gasteiger partial charge < -0.3 is 15.3 Å². The standard InChI is InChI=1S/C13H23F3N2O3/c1-12(2,5-4-10(19)20)6-8-17-11(21)18(3)9-7-13(14,15)16/h4-9H2,1-3H3,(H,17,21)(H,19,20). The van der Waals surface area contributed by atoms with Crippen LogP contribution in [0.15, 0.2) is 0 Å². The molecule has 0 aliphatic heterocycles. The van der Waals surface area contributed by atoms with Crippen molar-refractivity contribution < 1.29 is 27.9 Å². The molecule has 2 amide bonds. The Morgan fingerprint density at radius 1 is 1.14 bits per heavy atom. The smallest absolute Gasteiger partial charge is 0.390 e. The summed E-state index contributed by atoms with van der Waals surface area (Å²) in [5, 5.41) is 11.2. The van der Waals surface area contributed by atoms with E-state index in [1.54, 1.807) is 0 Å². The Bertz CT molecular complexity index is 357. The average Bonchev–Trinajstić information content (AvgIpc) is 2.32. The number of amides is 2. The van der Waals surface area contributed by atoms with Crippen LogP contribution in [0.1, 0.15) is 39.5 Å². The normalized spacial score (nSPS) is 12.1. The fraction of sp³-hybridized carbons (Fsp3) is 0.846. The second-order valence-corrected chi connectivity index (χ2v) is 5.83. The molecule has 0 spiro atoms. The van der Waals surface area contributed by atoms with Crippen LogP contribution in [-0.2, 0) is 4.79 Å². The van der Waals surface area contributed by atoms with Crippen LogP contribution in [0.3, 0.4) is 0 Å².